The van der Waals surface area contributed by atoms with Gasteiger partial charge in [-0.2, -0.15) is 0 Å². The van der Waals surface area contributed by atoms with E-state index in [1.807, 2.05) is 23.1 Å². The number of ether oxygens (including phenoxy) is 1. The molecule has 1 fully saturated rings. The van der Waals surface area contributed by atoms with Gasteiger partial charge >= 0.3 is 5.97 Å². The van der Waals surface area contributed by atoms with Crippen molar-refractivity contribution in [2.24, 2.45) is 5.92 Å². The maximum absolute atomic E-state index is 13.2. The zero-order chi connectivity index (χ0) is 18.5. The van der Waals surface area contributed by atoms with Gasteiger partial charge in [-0.15, -0.1) is 0 Å². The first-order valence-electron chi connectivity index (χ1n) is 8.81. The summed E-state index contributed by atoms with van der Waals surface area (Å²) in [6, 6.07) is 14.0. The molecule has 0 radical (unpaired) electrons. The maximum atomic E-state index is 13.2. The Labute approximate surface area is 153 Å². The Morgan fingerprint density at radius 1 is 1.08 bits per heavy atom. The van der Waals surface area contributed by atoms with Gasteiger partial charge in [-0.3, -0.25) is 4.79 Å². The van der Waals surface area contributed by atoms with E-state index in [1.54, 1.807) is 37.4 Å². The number of carboxylic acids is 1. The smallest absolute Gasteiger partial charge is 0.336 e. The summed E-state index contributed by atoms with van der Waals surface area (Å²) in [5.74, 6) is -0.709. The van der Waals surface area contributed by atoms with E-state index in [1.165, 1.54) is 0 Å². The largest absolute Gasteiger partial charge is 0.478 e. The molecule has 5 heteroatoms. The van der Waals surface area contributed by atoms with Crippen LogP contribution in [0.1, 0.15) is 33.6 Å². The van der Waals surface area contributed by atoms with Crippen LogP contribution in [-0.4, -0.2) is 48.7 Å². The van der Waals surface area contributed by atoms with Gasteiger partial charge in [0, 0.05) is 25.8 Å². The summed E-state index contributed by atoms with van der Waals surface area (Å²) in [6.45, 7) is 2.03. The predicted octanol–water partition coefficient (Wildman–Crippen LogP) is 3.55. The first-order chi connectivity index (χ1) is 12.6. The van der Waals surface area contributed by atoms with Crippen LogP contribution < -0.4 is 0 Å². The van der Waals surface area contributed by atoms with Gasteiger partial charge in [0.2, 0.25) is 0 Å². The minimum Gasteiger partial charge on any atom is -0.478 e. The van der Waals surface area contributed by atoms with Crippen LogP contribution in [0.2, 0.25) is 0 Å². The average molecular weight is 353 g/mol. The third-order valence-electron chi connectivity index (χ3n) is 4.81. The molecule has 1 heterocycles. The first-order valence-corrected chi connectivity index (χ1v) is 8.81. The topological polar surface area (TPSA) is 66.8 Å². The Morgan fingerprint density at radius 3 is 2.35 bits per heavy atom. The van der Waals surface area contributed by atoms with Crippen molar-refractivity contribution < 1.29 is 19.4 Å². The van der Waals surface area contributed by atoms with Gasteiger partial charge < -0.3 is 14.7 Å². The molecular formula is C21H23NO4. The highest BCUT2D eigenvalue weighted by atomic mass is 16.5. The molecule has 0 aromatic heterocycles. The number of carbonyl (C=O) groups is 2. The summed E-state index contributed by atoms with van der Waals surface area (Å²) in [5.41, 5.74) is 1.96. The van der Waals surface area contributed by atoms with Crippen molar-refractivity contribution in [1.82, 2.24) is 4.90 Å². The second kappa shape index (κ2) is 8.15. The molecule has 0 bridgehead atoms. The van der Waals surface area contributed by atoms with Gasteiger partial charge in [0.15, 0.2) is 0 Å². The third-order valence-corrected chi connectivity index (χ3v) is 4.81. The Morgan fingerprint density at radius 2 is 1.69 bits per heavy atom. The number of carbonyl (C=O) groups excluding carboxylic acids is 1. The zero-order valence-electron chi connectivity index (χ0n) is 14.9. The predicted molar refractivity (Wildman–Crippen MR) is 99.3 cm³/mol. The van der Waals surface area contributed by atoms with E-state index in [0.717, 1.165) is 12.8 Å². The Hall–Kier alpha value is -2.66. The van der Waals surface area contributed by atoms with Gasteiger partial charge in [-0.1, -0.05) is 36.4 Å². The first kappa shape index (κ1) is 18.1. The number of nitrogens with zero attached hydrogens (tertiary/aromatic N) is 1. The minimum absolute atomic E-state index is 0.0541. The molecule has 1 amide bonds. The number of piperidine rings is 1. The lowest BCUT2D eigenvalue weighted by atomic mass is 9.93. The van der Waals surface area contributed by atoms with Gasteiger partial charge in [-0.05, 0) is 42.0 Å². The van der Waals surface area contributed by atoms with E-state index in [4.69, 9.17) is 4.74 Å². The van der Waals surface area contributed by atoms with E-state index in [9.17, 15) is 14.7 Å². The summed E-state index contributed by atoms with van der Waals surface area (Å²) in [7, 11) is 1.68. The van der Waals surface area contributed by atoms with Gasteiger partial charge in [0.25, 0.3) is 5.91 Å². The fourth-order valence-corrected chi connectivity index (χ4v) is 3.60. The second-order valence-corrected chi connectivity index (χ2v) is 6.61. The molecule has 0 saturated carbocycles. The number of benzene rings is 2. The summed E-state index contributed by atoms with van der Waals surface area (Å²) < 4.78 is 5.25. The summed E-state index contributed by atoms with van der Waals surface area (Å²) in [6.07, 6.45) is 2.01. The Balaban J connectivity index is 1.95. The maximum Gasteiger partial charge on any atom is 0.336 e. The highest BCUT2D eigenvalue weighted by Gasteiger charge is 2.26. The molecule has 136 valence electrons. The van der Waals surface area contributed by atoms with Crippen molar-refractivity contribution in [1.29, 1.82) is 0 Å². The lowest BCUT2D eigenvalue weighted by Gasteiger charge is -2.33. The van der Waals surface area contributed by atoms with Crippen LogP contribution in [0.3, 0.4) is 0 Å². The number of methoxy groups -OCH3 is 1. The molecule has 26 heavy (non-hydrogen) atoms. The van der Waals surface area contributed by atoms with Crippen molar-refractivity contribution >= 4 is 11.9 Å². The molecule has 2 aromatic carbocycles. The van der Waals surface area contributed by atoms with Crippen LogP contribution in [0.4, 0.5) is 0 Å². The van der Waals surface area contributed by atoms with Crippen LogP contribution in [-0.2, 0) is 4.74 Å². The quantitative estimate of drug-likeness (QED) is 0.893. The van der Waals surface area contributed by atoms with Crippen LogP contribution in [0.15, 0.2) is 48.5 Å². The number of hydrogen-bond donors (Lipinski definition) is 1. The standard InChI is InChI=1S/C21H23NO4/c1-26-14-15-7-6-12-22(13-15)20(23)18-10-4-2-8-16(18)17-9-3-5-11-19(17)21(24)25/h2-5,8-11,15H,6-7,12-14H2,1H3,(H,24,25). The van der Waals surface area contributed by atoms with E-state index >= 15 is 0 Å². The summed E-state index contributed by atoms with van der Waals surface area (Å²) in [4.78, 5) is 26.6. The third kappa shape index (κ3) is 3.78. The van der Waals surface area contributed by atoms with Crippen LogP contribution in [0, 0.1) is 5.92 Å². The van der Waals surface area contributed by atoms with Crippen LogP contribution >= 0.6 is 0 Å². The fourth-order valence-electron chi connectivity index (χ4n) is 3.60. The number of rotatable bonds is 5. The number of amides is 1. The minimum atomic E-state index is -0.999. The second-order valence-electron chi connectivity index (χ2n) is 6.61. The van der Waals surface area contributed by atoms with Gasteiger partial charge in [-0.25, -0.2) is 4.79 Å². The van der Waals surface area contributed by atoms with E-state index in [-0.39, 0.29) is 11.5 Å². The van der Waals surface area contributed by atoms with Crippen molar-refractivity contribution in [3.05, 3.63) is 59.7 Å². The SMILES string of the molecule is COCC1CCCN(C(=O)c2ccccc2-c2ccccc2C(=O)O)C1. The molecular weight excluding hydrogens is 330 g/mol. The molecule has 5 nitrogen and oxygen atoms in total. The molecule has 1 unspecified atom stereocenters. The number of likely N-dealkylation sites (tertiary alicyclic amines) is 1. The molecule has 0 aliphatic carbocycles. The Kier molecular flexibility index (Phi) is 5.68. The highest BCUT2D eigenvalue weighted by molar-refractivity contribution is 6.04. The van der Waals surface area contributed by atoms with Crippen molar-refractivity contribution in [2.45, 2.75) is 12.8 Å². The molecule has 2 aromatic rings. The average Bonchev–Trinajstić information content (AvgIpc) is 2.68. The molecule has 1 atom stereocenters. The molecule has 1 aliphatic rings. The fraction of sp³-hybridized carbons (Fsp3) is 0.333. The lowest BCUT2D eigenvalue weighted by molar-refractivity contribution is 0.0571. The van der Waals surface area contributed by atoms with Crippen molar-refractivity contribution in [2.75, 3.05) is 26.8 Å². The summed E-state index contributed by atoms with van der Waals surface area (Å²) >= 11 is 0. The molecule has 1 saturated heterocycles. The number of carboxylic acid groups (broad SMARTS) is 1. The zero-order valence-corrected chi connectivity index (χ0v) is 14.9. The molecule has 1 N–H and O–H groups in total. The van der Waals surface area contributed by atoms with E-state index in [2.05, 4.69) is 0 Å². The normalized spacial score (nSPS) is 17.1. The van der Waals surface area contributed by atoms with Crippen molar-refractivity contribution in [3.8, 4) is 11.1 Å². The van der Waals surface area contributed by atoms with Gasteiger partial charge in [0.05, 0.1) is 12.2 Å². The number of aromatic carboxylic acids is 1. The molecule has 3 rings (SSSR count). The molecule has 1 aliphatic heterocycles. The lowest BCUT2D eigenvalue weighted by Crippen LogP contribution is -2.41. The molecule has 0 spiro atoms. The monoisotopic (exact) mass is 353 g/mol. The van der Waals surface area contributed by atoms with E-state index in [0.29, 0.717) is 42.3 Å². The van der Waals surface area contributed by atoms with E-state index < -0.39 is 5.97 Å². The Bertz CT molecular complexity index is 800. The van der Waals surface area contributed by atoms with Crippen LogP contribution in [0.5, 0.6) is 0 Å². The summed E-state index contributed by atoms with van der Waals surface area (Å²) in [5, 5.41) is 9.49. The van der Waals surface area contributed by atoms with Crippen molar-refractivity contribution in [3.63, 3.8) is 0 Å². The number of hydrogen-bond acceptors (Lipinski definition) is 3. The highest BCUT2D eigenvalue weighted by Crippen LogP contribution is 2.29. The van der Waals surface area contributed by atoms with Crippen LogP contribution in [0.25, 0.3) is 11.1 Å². The van der Waals surface area contributed by atoms with Gasteiger partial charge in [0.1, 0.15) is 0 Å².